The third-order valence-electron chi connectivity index (χ3n) is 3.00. The Morgan fingerprint density at radius 2 is 2.23 bits per heavy atom. The molecular formula is C9H19ClN2S. The standard InChI is InChI=1S/C9H18N2S.ClH/c1-12-7-8-2-3-11(6-8)9-4-10-5-9;/h8-10H,2-7H2,1H3;1H. The Kier molecular flexibility index (Phi) is 4.87. The summed E-state index contributed by atoms with van der Waals surface area (Å²) in [5.41, 5.74) is 0. The molecule has 4 heteroatoms. The van der Waals surface area contributed by atoms with Crippen LogP contribution < -0.4 is 5.32 Å². The fourth-order valence-electron chi connectivity index (χ4n) is 2.10. The fourth-order valence-corrected chi connectivity index (χ4v) is 2.84. The number of nitrogens with one attached hydrogen (secondary N) is 1. The van der Waals surface area contributed by atoms with E-state index in [-0.39, 0.29) is 12.4 Å². The predicted molar refractivity (Wildman–Crippen MR) is 62.0 cm³/mol. The van der Waals surface area contributed by atoms with Crippen molar-refractivity contribution >= 4 is 24.2 Å². The van der Waals surface area contributed by atoms with Gasteiger partial charge in [0, 0.05) is 25.7 Å². The number of thioether (sulfide) groups is 1. The Labute approximate surface area is 91.2 Å². The third kappa shape index (κ3) is 2.75. The summed E-state index contributed by atoms with van der Waals surface area (Å²) in [6.45, 7) is 5.16. The monoisotopic (exact) mass is 222 g/mol. The minimum absolute atomic E-state index is 0. The van der Waals surface area contributed by atoms with Crippen LogP contribution in [0.1, 0.15) is 6.42 Å². The maximum atomic E-state index is 3.34. The van der Waals surface area contributed by atoms with Crippen molar-refractivity contribution in [2.24, 2.45) is 5.92 Å². The zero-order valence-electron chi connectivity index (χ0n) is 8.16. The molecule has 2 fully saturated rings. The molecule has 2 heterocycles. The van der Waals surface area contributed by atoms with Crippen molar-refractivity contribution in [3.05, 3.63) is 0 Å². The second-order valence-electron chi connectivity index (χ2n) is 3.92. The molecule has 2 aliphatic rings. The van der Waals surface area contributed by atoms with Crippen molar-refractivity contribution in [2.75, 3.05) is 38.2 Å². The van der Waals surface area contributed by atoms with Gasteiger partial charge in [-0.1, -0.05) is 0 Å². The van der Waals surface area contributed by atoms with Gasteiger partial charge in [0.15, 0.2) is 0 Å². The van der Waals surface area contributed by atoms with Crippen LogP contribution >= 0.6 is 24.2 Å². The van der Waals surface area contributed by atoms with E-state index in [0.717, 1.165) is 12.0 Å². The Hall–Kier alpha value is 0.560. The molecule has 0 saturated carbocycles. The molecule has 1 unspecified atom stereocenters. The van der Waals surface area contributed by atoms with Gasteiger partial charge in [-0.2, -0.15) is 11.8 Å². The summed E-state index contributed by atoms with van der Waals surface area (Å²) in [5.74, 6) is 2.33. The van der Waals surface area contributed by atoms with Crippen molar-refractivity contribution in [1.82, 2.24) is 10.2 Å². The molecule has 2 rings (SSSR count). The van der Waals surface area contributed by atoms with E-state index in [9.17, 15) is 0 Å². The summed E-state index contributed by atoms with van der Waals surface area (Å²) in [4.78, 5) is 2.66. The van der Waals surface area contributed by atoms with Gasteiger partial charge in [0.2, 0.25) is 0 Å². The van der Waals surface area contributed by atoms with Gasteiger partial charge in [-0.3, -0.25) is 4.90 Å². The zero-order chi connectivity index (χ0) is 8.39. The van der Waals surface area contributed by atoms with Crippen LogP contribution in [0.25, 0.3) is 0 Å². The average Bonchev–Trinajstić information content (AvgIpc) is 2.34. The quantitative estimate of drug-likeness (QED) is 0.769. The van der Waals surface area contributed by atoms with Crippen molar-refractivity contribution < 1.29 is 0 Å². The van der Waals surface area contributed by atoms with Crippen LogP contribution in [-0.2, 0) is 0 Å². The van der Waals surface area contributed by atoms with Crippen LogP contribution in [0.15, 0.2) is 0 Å². The van der Waals surface area contributed by atoms with Gasteiger partial charge in [-0.05, 0) is 30.9 Å². The van der Waals surface area contributed by atoms with E-state index >= 15 is 0 Å². The molecule has 0 aromatic rings. The molecule has 78 valence electrons. The molecule has 0 aliphatic carbocycles. The normalized spacial score (nSPS) is 29.8. The summed E-state index contributed by atoms with van der Waals surface area (Å²) in [5, 5.41) is 3.34. The van der Waals surface area contributed by atoms with E-state index in [0.29, 0.717) is 0 Å². The molecule has 0 aromatic carbocycles. The van der Waals surface area contributed by atoms with E-state index in [4.69, 9.17) is 0 Å². The van der Waals surface area contributed by atoms with Crippen LogP contribution in [0.5, 0.6) is 0 Å². The zero-order valence-corrected chi connectivity index (χ0v) is 9.79. The molecule has 1 N–H and O–H groups in total. The van der Waals surface area contributed by atoms with E-state index in [2.05, 4.69) is 16.5 Å². The molecule has 13 heavy (non-hydrogen) atoms. The van der Waals surface area contributed by atoms with Crippen molar-refractivity contribution in [3.8, 4) is 0 Å². The molecule has 0 spiro atoms. The van der Waals surface area contributed by atoms with Crippen LogP contribution in [-0.4, -0.2) is 49.1 Å². The molecular weight excluding hydrogens is 204 g/mol. The number of rotatable bonds is 3. The van der Waals surface area contributed by atoms with Crippen LogP contribution in [0.2, 0.25) is 0 Å². The second kappa shape index (κ2) is 5.44. The summed E-state index contributed by atoms with van der Waals surface area (Å²) >= 11 is 2.00. The van der Waals surface area contributed by atoms with Crippen LogP contribution in [0, 0.1) is 5.92 Å². The van der Waals surface area contributed by atoms with E-state index in [1.165, 1.54) is 38.4 Å². The van der Waals surface area contributed by atoms with Crippen LogP contribution in [0.3, 0.4) is 0 Å². The molecule has 2 nitrogen and oxygen atoms in total. The molecule has 0 bridgehead atoms. The van der Waals surface area contributed by atoms with Gasteiger partial charge in [0.05, 0.1) is 0 Å². The Morgan fingerprint density at radius 1 is 1.46 bits per heavy atom. The van der Waals surface area contributed by atoms with Gasteiger partial charge < -0.3 is 5.32 Å². The molecule has 2 aliphatic heterocycles. The first-order chi connectivity index (χ1) is 5.90. The van der Waals surface area contributed by atoms with E-state index in [1.54, 1.807) is 0 Å². The third-order valence-corrected chi connectivity index (χ3v) is 3.80. The number of halogens is 1. The highest BCUT2D eigenvalue weighted by molar-refractivity contribution is 7.98. The minimum atomic E-state index is 0. The summed E-state index contributed by atoms with van der Waals surface area (Å²) < 4.78 is 0. The largest absolute Gasteiger partial charge is 0.314 e. The molecule has 0 amide bonds. The molecule has 1 atom stereocenters. The average molecular weight is 223 g/mol. The lowest BCUT2D eigenvalue weighted by molar-refractivity contribution is 0.175. The molecule has 2 saturated heterocycles. The fraction of sp³-hybridized carbons (Fsp3) is 1.00. The minimum Gasteiger partial charge on any atom is -0.314 e. The first-order valence-corrected chi connectivity index (χ1v) is 6.23. The predicted octanol–water partition coefficient (Wildman–Crippen LogP) is 1.06. The van der Waals surface area contributed by atoms with Gasteiger partial charge in [0.1, 0.15) is 0 Å². The topological polar surface area (TPSA) is 15.3 Å². The smallest absolute Gasteiger partial charge is 0.0345 e. The maximum absolute atomic E-state index is 3.34. The number of nitrogens with zero attached hydrogens (tertiary/aromatic N) is 1. The number of likely N-dealkylation sites (tertiary alicyclic amines) is 1. The lowest BCUT2D eigenvalue weighted by Crippen LogP contribution is -2.56. The highest BCUT2D eigenvalue weighted by Crippen LogP contribution is 2.22. The lowest BCUT2D eigenvalue weighted by Gasteiger charge is -2.35. The van der Waals surface area contributed by atoms with Crippen molar-refractivity contribution in [1.29, 1.82) is 0 Å². The number of hydrogen-bond acceptors (Lipinski definition) is 3. The van der Waals surface area contributed by atoms with Crippen molar-refractivity contribution in [3.63, 3.8) is 0 Å². The van der Waals surface area contributed by atoms with E-state index < -0.39 is 0 Å². The Balaban J connectivity index is 0.000000845. The van der Waals surface area contributed by atoms with Crippen molar-refractivity contribution in [2.45, 2.75) is 12.5 Å². The number of hydrogen-bond donors (Lipinski definition) is 1. The second-order valence-corrected chi connectivity index (χ2v) is 4.83. The Bertz CT molecular complexity index is 153. The first-order valence-electron chi connectivity index (χ1n) is 4.84. The summed E-state index contributed by atoms with van der Waals surface area (Å²) in [6, 6.07) is 0.872. The molecule has 0 radical (unpaired) electrons. The SMILES string of the molecule is CSCC1CCN(C2CNC2)C1.Cl. The first kappa shape index (κ1) is 11.6. The maximum Gasteiger partial charge on any atom is 0.0345 e. The molecule has 0 aromatic heterocycles. The van der Waals surface area contributed by atoms with E-state index in [1.807, 2.05) is 11.8 Å². The van der Waals surface area contributed by atoms with Gasteiger partial charge >= 0.3 is 0 Å². The summed E-state index contributed by atoms with van der Waals surface area (Å²) in [6.07, 6.45) is 3.64. The Morgan fingerprint density at radius 3 is 2.77 bits per heavy atom. The highest BCUT2D eigenvalue weighted by atomic mass is 35.5. The summed E-state index contributed by atoms with van der Waals surface area (Å²) in [7, 11) is 0. The van der Waals surface area contributed by atoms with Gasteiger partial charge in [-0.15, -0.1) is 12.4 Å². The highest BCUT2D eigenvalue weighted by Gasteiger charge is 2.30. The van der Waals surface area contributed by atoms with Crippen LogP contribution in [0.4, 0.5) is 0 Å². The van der Waals surface area contributed by atoms with Gasteiger partial charge in [-0.25, -0.2) is 0 Å². The van der Waals surface area contributed by atoms with Gasteiger partial charge in [0.25, 0.3) is 0 Å². The lowest BCUT2D eigenvalue weighted by atomic mass is 10.1.